The molecular weight excluding hydrogens is 406 g/mol. The number of hydrogen-bond acceptors (Lipinski definition) is 5. The Morgan fingerprint density at radius 2 is 1.81 bits per heavy atom. The van der Waals surface area contributed by atoms with Gasteiger partial charge in [0.25, 0.3) is 0 Å². The Labute approximate surface area is 189 Å². The average Bonchev–Trinajstić information content (AvgIpc) is 3.22. The van der Waals surface area contributed by atoms with Crippen LogP contribution >= 0.6 is 0 Å². The molecule has 7 nitrogen and oxygen atoms in total. The average molecular weight is 438 g/mol. The zero-order chi connectivity index (χ0) is 22.5. The second-order valence-corrected chi connectivity index (χ2v) is 8.42. The Balaban J connectivity index is 1.41. The van der Waals surface area contributed by atoms with Crippen LogP contribution in [0.25, 0.3) is 0 Å². The van der Waals surface area contributed by atoms with Crippen molar-refractivity contribution in [1.29, 1.82) is 0 Å². The first-order valence-corrected chi connectivity index (χ1v) is 11.2. The Morgan fingerprint density at radius 3 is 2.47 bits per heavy atom. The molecule has 7 heteroatoms. The van der Waals surface area contributed by atoms with Crippen LogP contribution in [0.1, 0.15) is 23.6 Å². The third-order valence-corrected chi connectivity index (χ3v) is 6.30. The number of ether oxygens (including phenoxy) is 2. The van der Waals surface area contributed by atoms with Gasteiger partial charge in [-0.05, 0) is 36.8 Å². The standard InChI is InChI=1S/C25H31N3O4/c1-18-3-7-21(8-4-18)28-17-20(15-24(28)29)25(30)26-16-23(27-11-13-32-14-12-27)19-5-9-22(31-2)10-6-19/h3-10,20,23H,11-17H2,1-2H3,(H,26,30)/t20-,23-/m1/s1. The lowest BCUT2D eigenvalue weighted by Gasteiger charge is -2.35. The number of aryl methyl sites for hydroxylation is 1. The molecule has 2 saturated heterocycles. The molecule has 170 valence electrons. The number of anilines is 1. The van der Waals surface area contributed by atoms with E-state index in [1.807, 2.05) is 55.5 Å². The van der Waals surface area contributed by atoms with E-state index in [1.54, 1.807) is 12.0 Å². The summed E-state index contributed by atoms with van der Waals surface area (Å²) in [6, 6.07) is 15.9. The Kier molecular flexibility index (Phi) is 7.07. The number of nitrogens with zero attached hydrogens (tertiary/aromatic N) is 2. The second kappa shape index (κ2) is 10.1. The van der Waals surface area contributed by atoms with Gasteiger partial charge in [-0.2, -0.15) is 0 Å². The highest BCUT2D eigenvalue weighted by Crippen LogP contribution is 2.27. The van der Waals surface area contributed by atoms with Crippen molar-refractivity contribution in [2.45, 2.75) is 19.4 Å². The largest absolute Gasteiger partial charge is 0.497 e. The normalized spacial score (nSPS) is 20.2. The molecule has 0 saturated carbocycles. The van der Waals surface area contributed by atoms with E-state index in [0.29, 0.717) is 26.3 Å². The molecule has 2 aliphatic heterocycles. The number of hydrogen-bond donors (Lipinski definition) is 1. The first-order valence-electron chi connectivity index (χ1n) is 11.2. The highest BCUT2D eigenvalue weighted by atomic mass is 16.5. The van der Waals surface area contributed by atoms with Gasteiger partial charge in [-0.3, -0.25) is 14.5 Å². The fourth-order valence-electron chi connectivity index (χ4n) is 4.37. The maximum atomic E-state index is 13.0. The molecule has 2 heterocycles. The third-order valence-electron chi connectivity index (χ3n) is 6.30. The summed E-state index contributed by atoms with van der Waals surface area (Å²) in [5.41, 5.74) is 3.11. The predicted octanol–water partition coefficient (Wildman–Crippen LogP) is 2.55. The van der Waals surface area contributed by atoms with Crippen molar-refractivity contribution in [3.63, 3.8) is 0 Å². The van der Waals surface area contributed by atoms with Crippen LogP contribution < -0.4 is 15.0 Å². The zero-order valence-electron chi connectivity index (χ0n) is 18.8. The van der Waals surface area contributed by atoms with Gasteiger partial charge in [-0.25, -0.2) is 0 Å². The molecule has 0 bridgehead atoms. The van der Waals surface area contributed by atoms with Gasteiger partial charge >= 0.3 is 0 Å². The van der Waals surface area contributed by atoms with Crippen molar-refractivity contribution in [3.05, 3.63) is 59.7 Å². The van der Waals surface area contributed by atoms with E-state index >= 15 is 0 Å². The van der Waals surface area contributed by atoms with Crippen molar-refractivity contribution < 1.29 is 19.1 Å². The summed E-state index contributed by atoms with van der Waals surface area (Å²) >= 11 is 0. The minimum absolute atomic E-state index is 0.00566. The van der Waals surface area contributed by atoms with Gasteiger partial charge < -0.3 is 19.7 Å². The first kappa shape index (κ1) is 22.3. The number of nitrogens with one attached hydrogen (secondary N) is 1. The summed E-state index contributed by atoms with van der Waals surface area (Å²) in [6.45, 7) is 5.91. The molecule has 32 heavy (non-hydrogen) atoms. The maximum absolute atomic E-state index is 13.0. The van der Waals surface area contributed by atoms with Crippen LogP contribution in [-0.2, 0) is 14.3 Å². The van der Waals surface area contributed by atoms with Crippen molar-refractivity contribution in [2.24, 2.45) is 5.92 Å². The van der Waals surface area contributed by atoms with E-state index in [1.165, 1.54) is 0 Å². The molecular formula is C25H31N3O4. The van der Waals surface area contributed by atoms with Gasteiger partial charge in [0.2, 0.25) is 11.8 Å². The summed E-state index contributed by atoms with van der Waals surface area (Å²) in [6.07, 6.45) is 0.241. The van der Waals surface area contributed by atoms with E-state index in [4.69, 9.17) is 9.47 Å². The van der Waals surface area contributed by atoms with Crippen LogP contribution in [-0.4, -0.2) is 63.2 Å². The van der Waals surface area contributed by atoms with E-state index in [2.05, 4.69) is 10.2 Å². The van der Waals surface area contributed by atoms with Crippen LogP contribution in [0, 0.1) is 12.8 Å². The molecule has 1 N–H and O–H groups in total. The summed E-state index contributed by atoms with van der Waals surface area (Å²) in [5, 5.41) is 3.12. The maximum Gasteiger partial charge on any atom is 0.227 e. The van der Waals surface area contributed by atoms with Gasteiger partial charge in [-0.1, -0.05) is 29.8 Å². The highest BCUT2D eigenvalue weighted by molar-refractivity contribution is 6.00. The number of carbonyl (C=O) groups is 2. The summed E-state index contributed by atoms with van der Waals surface area (Å²) in [4.78, 5) is 29.6. The Hall–Kier alpha value is -2.90. The Bertz CT molecular complexity index is 923. The number of amides is 2. The van der Waals surface area contributed by atoms with Crippen LogP contribution in [0.3, 0.4) is 0 Å². The lowest BCUT2D eigenvalue weighted by atomic mass is 10.0. The zero-order valence-corrected chi connectivity index (χ0v) is 18.8. The summed E-state index contributed by atoms with van der Waals surface area (Å²) in [7, 11) is 1.65. The van der Waals surface area contributed by atoms with Crippen molar-refractivity contribution in [1.82, 2.24) is 10.2 Å². The first-order chi connectivity index (χ1) is 15.5. The van der Waals surface area contributed by atoms with Gasteiger partial charge in [-0.15, -0.1) is 0 Å². The van der Waals surface area contributed by atoms with E-state index < -0.39 is 0 Å². The molecule has 2 aromatic rings. The fourth-order valence-corrected chi connectivity index (χ4v) is 4.37. The number of carbonyl (C=O) groups excluding carboxylic acids is 2. The van der Waals surface area contributed by atoms with Gasteiger partial charge in [0.05, 0.1) is 32.3 Å². The summed E-state index contributed by atoms with van der Waals surface area (Å²) in [5.74, 6) is 0.387. The van der Waals surface area contributed by atoms with E-state index in [-0.39, 0.29) is 30.2 Å². The third kappa shape index (κ3) is 5.11. The smallest absolute Gasteiger partial charge is 0.227 e. The molecule has 0 unspecified atom stereocenters. The van der Waals surface area contributed by atoms with Crippen molar-refractivity contribution in [2.75, 3.05) is 51.4 Å². The quantitative estimate of drug-likeness (QED) is 0.721. The topological polar surface area (TPSA) is 71.1 Å². The molecule has 2 amide bonds. The van der Waals surface area contributed by atoms with Crippen LogP contribution in [0.15, 0.2) is 48.5 Å². The molecule has 0 aromatic heterocycles. The number of benzene rings is 2. The molecule has 2 fully saturated rings. The van der Waals surface area contributed by atoms with Crippen molar-refractivity contribution >= 4 is 17.5 Å². The highest BCUT2D eigenvalue weighted by Gasteiger charge is 2.35. The second-order valence-electron chi connectivity index (χ2n) is 8.42. The summed E-state index contributed by atoms with van der Waals surface area (Å²) < 4.78 is 10.8. The molecule has 0 aliphatic carbocycles. The van der Waals surface area contributed by atoms with Gasteiger partial charge in [0.15, 0.2) is 0 Å². The van der Waals surface area contributed by atoms with Gasteiger partial charge in [0, 0.05) is 38.3 Å². The van der Waals surface area contributed by atoms with E-state index in [9.17, 15) is 9.59 Å². The minimum atomic E-state index is -0.343. The molecule has 2 atom stereocenters. The minimum Gasteiger partial charge on any atom is -0.497 e. The number of morpholine rings is 1. The number of methoxy groups -OCH3 is 1. The Morgan fingerprint density at radius 1 is 1.12 bits per heavy atom. The van der Waals surface area contributed by atoms with Gasteiger partial charge in [0.1, 0.15) is 5.75 Å². The SMILES string of the molecule is COc1ccc([C@@H](CNC(=O)[C@@H]2CC(=O)N(c3ccc(C)cc3)C2)N2CCOCC2)cc1. The monoisotopic (exact) mass is 437 g/mol. The molecule has 0 spiro atoms. The fraction of sp³-hybridized carbons (Fsp3) is 0.440. The van der Waals surface area contributed by atoms with Crippen LogP contribution in [0.4, 0.5) is 5.69 Å². The lowest BCUT2D eigenvalue weighted by molar-refractivity contribution is -0.126. The van der Waals surface area contributed by atoms with Crippen LogP contribution in [0.2, 0.25) is 0 Å². The molecule has 4 rings (SSSR count). The molecule has 2 aromatic carbocycles. The van der Waals surface area contributed by atoms with E-state index in [0.717, 1.165) is 35.7 Å². The van der Waals surface area contributed by atoms with Crippen molar-refractivity contribution in [3.8, 4) is 5.75 Å². The predicted molar refractivity (Wildman–Crippen MR) is 123 cm³/mol. The molecule has 0 radical (unpaired) electrons. The van der Waals surface area contributed by atoms with Crippen LogP contribution in [0.5, 0.6) is 5.75 Å². The molecule has 2 aliphatic rings. The number of rotatable bonds is 7. The lowest BCUT2D eigenvalue weighted by Crippen LogP contribution is -2.45.